The summed E-state index contributed by atoms with van der Waals surface area (Å²) >= 11 is 3.44. The number of halogens is 1. The fourth-order valence-electron chi connectivity index (χ4n) is 4.58. The average Bonchev–Trinajstić information content (AvgIpc) is 2.99. The molecule has 0 radical (unpaired) electrons. The molecule has 0 saturated heterocycles. The smallest absolute Gasteiger partial charge is 0.264 e. The van der Waals surface area contributed by atoms with Crippen LogP contribution < -0.4 is 9.62 Å². The Morgan fingerprint density at radius 3 is 1.93 bits per heavy atom. The quantitative estimate of drug-likeness (QED) is 0.228. The van der Waals surface area contributed by atoms with Gasteiger partial charge in [-0.1, -0.05) is 93.8 Å². The molecule has 0 aliphatic heterocycles. The Morgan fingerprint density at radius 2 is 1.36 bits per heavy atom. The first kappa shape index (κ1) is 31.0. The fraction of sp³-hybridized carbons (Fsp3) is 0.212. The van der Waals surface area contributed by atoms with Gasteiger partial charge in [0.1, 0.15) is 12.6 Å². The van der Waals surface area contributed by atoms with Crippen molar-refractivity contribution in [2.45, 2.75) is 37.8 Å². The van der Waals surface area contributed by atoms with E-state index in [0.29, 0.717) is 5.69 Å². The number of aryl methyl sites for hydroxylation is 2. The largest absolute Gasteiger partial charge is 0.357 e. The van der Waals surface area contributed by atoms with Gasteiger partial charge in [-0.15, -0.1) is 0 Å². The first-order valence-corrected chi connectivity index (χ1v) is 15.8. The zero-order valence-electron chi connectivity index (χ0n) is 23.8. The van der Waals surface area contributed by atoms with Gasteiger partial charge < -0.3 is 10.2 Å². The molecule has 0 aromatic heterocycles. The van der Waals surface area contributed by atoms with Gasteiger partial charge >= 0.3 is 0 Å². The predicted octanol–water partition coefficient (Wildman–Crippen LogP) is 5.65. The lowest BCUT2D eigenvalue weighted by atomic mass is 10.0. The zero-order valence-corrected chi connectivity index (χ0v) is 26.2. The molecular formula is C33H34BrN3O4S. The summed E-state index contributed by atoms with van der Waals surface area (Å²) in [6.07, 6.45) is 0.262. The molecule has 0 aliphatic rings. The van der Waals surface area contributed by atoms with Crippen LogP contribution in [0.3, 0.4) is 0 Å². The van der Waals surface area contributed by atoms with Crippen LogP contribution in [-0.2, 0) is 32.6 Å². The minimum atomic E-state index is -4.12. The summed E-state index contributed by atoms with van der Waals surface area (Å²) in [5, 5.41) is 2.70. The van der Waals surface area contributed by atoms with Crippen LogP contribution >= 0.6 is 15.9 Å². The standard InChI is InChI=1S/C33H34BrN3O4S/c1-24-9-17-29(18-10-24)37(42(40,41)30-19-11-25(2)12-20-30)23-32(38)36(22-27-13-15-28(34)16-14-27)31(33(39)35-3)21-26-7-5-4-6-8-26/h4-20,31H,21-23H2,1-3H3,(H,35,39)/t31-/m0/s1. The van der Waals surface area contributed by atoms with Crippen molar-refractivity contribution >= 4 is 43.5 Å². The van der Waals surface area contributed by atoms with Crippen molar-refractivity contribution in [1.29, 1.82) is 0 Å². The Hall–Kier alpha value is -3.95. The third-order valence-corrected chi connectivity index (χ3v) is 9.31. The summed E-state index contributed by atoms with van der Waals surface area (Å²) in [5.74, 6) is -0.841. The number of amides is 2. The summed E-state index contributed by atoms with van der Waals surface area (Å²) < 4.78 is 30.0. The van der Waals surface area contributed by atoms with Crippen LogP contribution in [0, 0.1) is 13.8 Å². The lowest BCUT2D eigenvalue weighted by Crippen LogP contribution is -2.53. The minimum Gasteiger partial charge on any atom is -0.357 e. The molecule has 4 aromatic rings. The SMILES string of the molecule is CNC(=O)[C@H](Cc1ccccc1)N(Cc1ccc(Br)cc1)C(=O)CN(c1ccc(C)cc1)S(=O)(=O)c1ccc(C)cc1. The summed E-state index contributed by atoms with van der Waals surface area (Å²) in [6.45, 7) is 3.41. The van der Waals surface area contributed by atoms with E-state index >= 15 is 0 Å². The second kappa shape index (κ2) is 13.8. The molecule has 0 aliphatic carbocycles. The lowest BCUT2D eigenvalue weighted by molar-refractivity contribution is -0.139. The molecule has 0 bridgehead atoms. The van der Waals surface area contributed by atoms with Gasteiger partial charge in [-0.2, -0.15) is 0 Å². The van der Waals surface area contributed by atoms with Gasteiger partial charge in [0.25, 0.3) is 10.0 Å². The highest BCUT2D eigenvalue weighted by molar-refractivity contribution is 9.10. The summed E-state index contributed by atoms with van der Waals surface area (Å²) in [6, 6.07) is 29.6. The van der Waals surface area contributed by atoms with Crippen LogP contribution in [0.5, 0.6) is 0 Å². The maximum Gasteiger partial charge on any atom is 0.264 e. The Labute approximate surface area is 256 Å². The predicted molar refractivity (Wildman–Crippen MR) is 170 cm³/mol. The number of carbonyl (C=O) groups is 2. The van der Waals surface area contributed by atoms with Crippen LogP contribution in [0.25, 0.3) is 0 Å². The number of hydrogen-bond donors (Lipinski definition) is 1. The van der Waals surface area contributed by atoms with Crippen LogP contribution in [0.15, 0.2) is 112 Å². The highest BCUT2D eigenvalue weighted by Crippen LogP contribution is 2.26. The second-order valence-corrected chi connectivity index (χ2v) is 12.9. The van der Waals surface area contributed by atoms with Crippen molar-refractivity contribution in [2.75, 3.05) is 17.9 Å². The molecule has 2 amide bonds. The van der Waals surface area contributed by atoms with Gasteiger partial charge in [-0.25, -0.2) is 8.42 Å². The maximum atomic E-state index is 14.3. The molecule has 7 nitrogen and oxygen atoms in total. The Morgan fingerprint density at radius 1 is 0.786 bits per heavy atom. The summed E-state index contributed by atoms with van der Waals surface area (Å²) in [4.78, 5) is 29.1. The second-order valence-electron chi connectivity index (χ2n) is 10.1. The molecule has 1 N–H and O–H groups in total. The number of carbonyl (C=O) groups excluding carboxylic acids is 2. The first-order valence-electron chi connectivity index (χ1n) is 13.5. The monoisotopic (exact) mass is 647 g/mol. The number of hydrogen-bond acceptors (Lipinski definition) is 4. The topological polar surface area (TPSA) is 86.8 Å². The molecule has 218 valence electrons. The first-order chi connectivity index (χ1) is 20.1. The number of rotatable bonds is 11. The third-order valence-electron chi connectivity index (χ3n) is 6.99. The van der Waals surface area contributed by atoms with Crippen LogP contribution in [0.2, 0.25) is 0 Å². The molecule has 0 heterocycles. The van der Waals surface area contributed by atoms with Gasteiger partial charge in [0, 0.05) is 24.5 Å². The van der Waals surface area contributed by atoms with Crippen molar-refractivity contribution in [3.05, 3.63) is 130 Å². The van der Waals surface area contributed by atoms with Crippen molar-refractivity contribution in [3.8, 4) is 0 Å². The molecule has 42 heavy (non-hydrogen) atoms. The van der Waals surface area contributed by atoms with Gasteiger partial charge in [0.15, 0.2) is 0 Å². The Kier molecular flexibility index (Phi) is 10.2. The van der Waals surface area contributed by atoms with Gasteiger partial charge in [-0.3, -0.25) is 13.9 Å². The molecule has 1 atom stereocenters. The normalized spacial score (nSPS) is 11.9. The molecule has 4 aromatic carbocycles. The van der Waals surface area contributed by atoms with E-state index in [0.717, 1.165) is 31.0 Å². The minimum absolute atomic E-state index is 0.0769. The summed E-state index contributed by atoms with van der Waals surface area (Å²) in [7, 11) is -2.59. The molecular weight excluding hydrogens is 614 g/mol. The average molecular weight is 649 g/mol. The van der Waals surface area contributed by atoms with E-state index in [4.69, 9.17) is 0 Å². The third kappa shape index (κ3) is 7.66. The lowest BCUT2D eigenvalue weighted by Gasteiger charge is -2.33. The van der Waals surface area contributed by atoms with Crippen LogP contribution in [0.1, 0.15) is 22.3 Å². The number of likely N-dealkylation sites (N-methyl/N-ethyl adjacent to an activating group) is 1. The van der Waals surface area contributed by atoms with Crippen molar-refractivity contribution in [1.82, 2.24) is 10.2 Å². The van der Waals surface area contributed by atoms with E-state index in [1.54, 1.807) is 48.5 Å². The number of nitrogens with one attached hydrogen (secondary N) is 1. The van der Waals surface area contributed by atoms with Gasteiger partial charge in [0.2, 0.25) is 11.8 Å². The maximum absolute atomic E-state index is 14.3. The van der Waals surface area contributed by atoms with Crippen molar-refractivity contribution < 1.29 is 18.0 Å². The van der Waals surface area contributed by atoms with E-state index in [1.165, 1.54) is 11.9 Å². The Balaban J connectivity index is 1.77. The van der Waals surface area contributed by atoms with Crippen molar-refractivity contribution in [3.63, 3.8) is 0 Å². The number of benzene rings is 4. The van der Waals surface area contributed by atoms with Gasteiger partial charge in [0.05, 0.1) is 10.6 Å². The molecule has 0 spiro atoms. The number of nitrogens with zero attached hydrogens (tertiary/aromatic N) is 2. The van der Waals surface area contributed by atoms with Crippen LogP contribution in [0.4, 0.5) is 5.69 Å². The molecule has 9 heteroatoms. The Bertz CT molecular complexity index is 1610. The highest BCUT2D eigenvalue weighted by Gasteiger charge is 2.34. The molecule has 0 saturated carbocycles. The highest BCUT2D eigenvalue weighted by atomic mass is 79.9. The van der Waals surface area contributed by atoms with Crippen molar-refractivity contribution in [2.24, 2.45) is 0 Å². The van der Waals surface area contributed by atoms with E-state index in [1.807, 2.05) is 68.4 Å². The number of sulfonamides is 1. The number of anilines is 1. The zero-order chi connectivity index (χ0) is 30.3. The van der Waals surface area contributed by atoms with Crippen LogP contribution in [-0.4, -0.2) is 44.8 Å². The van der Waals surface area contributed by atoms with E-state index in [-0.39, 0.29) is 23.8 Å². The van der Waals surface area contributed by atoms with E-state index < -0.39 is 28.5 Å². The van der Waals surface area contributed by atoms with E-state index in [9.17, 15) is 18.0 Å². The molecule has 0 fully saturated rings. The molecule has 0 unspecified atom stereocenters. The summed E-state index contributed by atoms with van der Waals surface area (Å²) in [5.41, 5.74) is 3.91. The van der Waals surface area contributed by atoms with E-state index in [2.05, 4.69) is 21.2 Å². The van der Waals surface area contributed by atoms with Gasteiger partial charge in [-0.05, 0) is 61.4 Å². The molecule has 4 rings (SSSR count). The fourth-order valence-corrected chi connectivity index (χ4v) is 6.26.